The van der Waals surface area contributed by atoms with Crippen LogP contribution < -0.4 is 5.32 Å². The van der Waals surface area contributed by atoms with Crippen LogP contribution in [-0.2, 0) is 21.2 Å². The molecule has 0 spiro atoms. The zero-order valence-electron chi connectivity index (χ0n) is 12.7. The first-order chi connectivity index (χ1) is 11.7. The molecule has 0 saturated carbocycles. The van der Waals surface area contributed by atoms with E-state index in [0.29, 0.717) is 11.8 Å². The molecule has 2 amide bonds. The van der Waals surface area contributed by atoms with Crippen molar-refractivity contribution < 1.29 is 22.8 Å². The van der Waals surface area contributed by atoms with E-state index in [0.717, 1.165) is 6.07 Å². The molecule has 0 aliphatic carbocycles. The van der Waals surface area contributed by atoms with Crippen molar-refractivity contribution in [3.8, 4) is 0 Å². The summed E-state index contributed by atoms with van der Waals surface area (Å²) in [5.41, 5.74) is -1.92. The lowest BCUT2D eigenvalue weighted by Gasteiger charge is -2.36. The Balaban J connectivity index is 2.20. The van der Waals surface area contributed by atoms with Crippen molar-refractivity contribution in [1.82, 2.24) is 10.3 Å². The molecule has 4 nitrogen and oxygen atoms in total. The molecule has 1 unspecified atom stereocenters. The van der Waals surface area contributed by atoms with Gasteiger partial charge in [0.25, 0.3) is 0 Å². The number of amides is 2. The van der Waals surface area contributed by atoms with Crippen molar-refractivity contribution >= 4 is 23.4 Å². The molecule has 1 fully saturated rings. The van der Waals surface area contributed by atoms with Gasteiger partial charge in [0.05, 0.1) is 16.3 Å². The molecule has 1 aromatic carbocycles. The number of pyridine rings is 1. The minimum atomic E-state index is -4.60. The average molecular weight is 369 g/mol. The second-order valence-electron chi connectivity index (χ2n) is 5.70. The van der Waals surface area contributed by atoms with Crippen molar-refractivity contribution in [3.05, 3.63) is 64.4 Å². The van der Waals surface area contributed by atoms with E-state index in [-0.39, 0.29) is 23.6 Å². The lowest BCUT2D eigenvalue weighted by atomic mass is 9.71. The van der Waals surface area contributed by atoms with Gasteiger partial charge in [-0.2, -0.15) is 13.2 Å². The van der Waals surface area contributed by atoms with Gasteiger partial charge in [-0.25, -0.2) is 0 Å². The van der Waals surface area contributed by atoms with Crippen LogP contribution in [0.4, 0.5) is 13.2 Å². The number of benzene rings is 1. The van der Waals surface area contributed by atoms with Crippen molar-refractivity contribution in [2.75, 3.05) is 0 Å². The number of hydrogen-bond acceptors (Lipinski definition) is 3. The molecule has 0 bridgehead atoms. The maximum absolute atomic E-state index is 12.9. The molecule has 1 aliphatic rings. The van der Waals surface area contributed by atoms with Crippen LogP contribution in [0.3, 0.4) is 0 Å². The van der Waals surface area contributed by atoms with Gasteiger partial charge in [0.15, 0.2) is 0 Å². The van der Waals surface area contributed by atoms with Crippen molar-refractivity contribution in [3.63, 3.8) is 0 Å². The number of hydrogen-bond donors (Lipinski definition) is 1. The van der Waals surface area contributed by atoms with Crippen molar-refractivity contribution in [2.24, 2.45) is 0 Å². The van der Waals surface area contributed by atoms with Crippen molar-refractivity contribution in [1.29, 1.82) is 0 Å². The first-order valence-corrected chi connectivity index (χ1v) is 7.76. The summed E-state index contributed by atoms with van der Waals surface area (Å²) in [6, 6.07) is 9.19. The lowest BCUT2D eigenvalue weighted by Crippen LogP contribution is -2.52. The number of rotatable bonds is 2. The number of aromatic nitrogens is 1. The monoisotopic (exact) mass is 368 g/mol. The zero-order valence-corrected chi connectivity index (χ0v) is 13.5. The zero-order chi connectivity index (χ0) is 18.2. The highest BCUT2D eigenvalue weighted by Gasteiger charge is 2.48. The Morgan fingerprint density at radius 2 is 1.84 bits per heavy atom. The van der Waals surface area contributed by atoms with Gasteiger partial charge in [-0.05, 0) is 18.1 Å². The Bertz CT molecular complexity index is 840. The van der Waals surface area contributed by atoms with Crippen molar-refractivity contribution in [2.45, 2.75) is 24.4 Å². The third-order valence-electron chi connectivity index (χ3n) is 4.21. The predicted octanol–water partition coefficient (Wildman–Crippen LogP) is 3.48. The molecule has 1 N–H and O–H groups in total. The summed E-state index contributed by atoms with van der Waals surface area (Å²) < 4.78 is 38.6. The second-order valence-corrected chi connectivity index (χ2v) is 6.11. The summed E-state index contributed by atoms with van der Waals surface area (Å²) in [5.74, 6) is -1.09. The molecular weight excluding hydrogens is 357 g/mol. The maximum atomic E-state index is 12.9. The largest absolute Gasteiger partial charge is 0.417 e. The Kier molecular flexibility index (Phi) is 4.28. The molecule has 2 aromatic rings. The number of nitrogens with zero attached hydrogens (tertiary/aromatic N) is 1. The quantitative estimate of drug-likeness (QED) is 0.826. The van der Waals surface area contributed by atoms with E-state index in [1.165, 1.54) is 0 Å². The Morgan fingerprint density at radius 3 is 2.40 bits per heavy atom. The molecule has 2 heterocycles. The summed E-state index contributed by atoms with van der Waals surface area (Å²) in [6.07, 6.45) is -3.85. The fourth-order valence-corrected chi connectivity index (χ4v) is 3.31. The van der Waals surface area contributed by atoms with E-state index >= 15 is 0 Å². The average Bonchev–Trinajstić information content (AvgIpc) is 2.56. The third kappa shape index (κ3) is 3.00. The number of nitrogens with one attached hydrogen (secondary N) is 1. The molecule has 1 aliphatic heterocycles. The van der Waals surface area contributed by atoms with Crippen LogP contribution in [0.2, 0.25) is 5.02 Å². The first kappa shape index (κ1) is 17.4. The van der Waals surface area contributed by atoms with Crippen LogP contribution in [0, 0.1) is 0 Å². The smallest absolute Gasteiger partial charge is 0.295 e. The highest BCUT2D eigenvalue weighted by atomic mass is 35.5. The van der Waals surface area contributed by atoms with Gasteiger partial charge in [-0.15, -0.1) is 0 Å². The number of imide groups is 1. The first-order valence-electron chi connectivity index (χ1n) is 7.38. The molecule has 3 rings (SSSR count). The maximum Gasteiger partial charge on any atom is 0.417 e. The van der Waals surface area contributed by atoms with E-state index in [4.69, 9.17) is 11.6 Å². The number of piperidine rings is 1. The minimum Gasteiger partial charge on any atom is -0.295 e. The van der Waals surface area contributed by atoms with Gasteiger partial charge in [0.1, 0.15) is 5.41 Å². The standard InChI is InChI=1S/C17H12ClF3N2O2/c18-12-8-11(17(19,20)21)9-22-14(12)16(10-4-2-1-3-5-10)7-6-13(24)23-15(16)25/h1-5,8-9H,6-7H2,(H,23,24,25). The van der Waals surface area contributed by atoms with Gasteiger partial charge in [-0.1, -0.05) is 41.9 Å². The molecule has 130 valence electrons. The van der Waals surface area contributed by atoms with E-state index in [1.54, 1.807) is 30.3 Å². The van der Waals surface area contributed by atoms with Crippen LogP contribution in [0.25, 0.3) is 0 Å². The van der Waals surface area contributed by atoms with E-state index in [1.807, 2.05) is 0 Å². The molecule has 1 aromatic heterocycles. The third-order valence-corrected chi connectivity index (χ3v) is 4.50. The van der Waals surface area contributed by atoms with Crippen LogP contribution in [0.1, 0.15) is 29.7 Å². The Hall–Kier alpha value is -2.41. The van der Waals surface area contributed by atoms with Crippen LogP contribution in [0.15, 0.2) is 42.6 Å². The number of alkyl halides is 3. The van der Waals surface area contributed by atoms with Gasteiger partial charge < -0.3 is 0 Å². The normalized spacial score (nSPS) is 21.1. The van der Waals surface area contributed by atoms with Crippen LogP contribution in [-0.4, -0.2) is 16.8 Å². The SMILES string of the molecule is O=C1CCC(c2ccccc2)(c2ncc(C(F)(F)F)cc2Cl)C(=O)N1. The molecule has 25 heavy (non-hydrogen) atoms. The molecule has 1 atom stereocenters. The predicted molar refractivity (Wildman–Crippen MR) is 83.9 cm³/mol. The lowest BCUT2D eigenvalue weighted by molar-refractivity contribution is -0.138. The van der Waals surface area contributed by atoms with Gasteiger partial charge in [-0.3, -0.25) is 19.9 Å². The summed E-state index contributed by atoms with van der Waals surface area (Å²) in [5, 5.41) is 1.97. The molecule has 1 saturated heterocycles. The van der Waals surface area contributed by atoms with Gasteiger partial charge in [0.2, 0.25) is 11.8 Å². The van der Waals surface area contributed by atoms with E-state index in [9.17, 15) is 22.8 Å². The highest BCUT2D eigenvalue weighted by Crippen LogP contribution is 2.42. The Labute approximate surface area is 146 Å². The minimum absolute atomic E-state index is 0.00151. The van der Waals surface area contributed by atoms with Gasteiger partial charge >= 0.3 is 6.18 Å². The number of carbonyl (C=O) groups is 2. The fraction of sp³-hybridized carbons (Fsp3) is 0.235. The molecule has 0 radical (unpaired) electrons. The van der Waals surface area contributed by atoms with Crippen LogP contribution >= 0.6 is 11.6 Å². The van der Waals surface area contributed by atoms with E-state index in [2.05, 4.69) is 10.3 Å². The second kappa shape index (κ2) is 6.15. The topological polar surface area (TPSA) is 59.1 Å². The Morgan fingerprint density at radius 1 is 1.16 bits per heavy atom. The van der Waals surface area contributed by atoms with E-state index < -0.39 is 29.0 Å². The number of halogens is 4. The molecular formula is C17H12ClF3N2O2. The number of carbonyl (C=O) groups excluding carboxylic acids is 2. The summed E-state index contributed by atoms with van der Waals surface area (Å²) >= 11 is 6.08. The van der Waals surface area contributed by atoms with Gasteiger partial charge in [0, 0.05) is 12.6 Å². The summed E-state index contributed by atoms with van der Waals surface area (Å²) in [7, 11) is 0. The van der Waals surface area contributed by atoms with Crippen LogP contribution in [0.5, 0.6) is 0 Å². The highest BCUT2D eigenvalue weighted by molar-refractivity contribution is 6.32. The summed E-state index contributed by atoms with van der Waals surface area (Å²) in [6.45, 7) is 0. The fourth-order valence-electron chi connectivity index (χ4n) is 2.98. The molecule has 8 heteroatoms. The summed E-state index contributed by atoms with van der Waals surface area (Å²) in [4.78, 5) is 28.1.